The molecule has 2 aliphatic heterocycles. The Labute approximate surface area is 274 Å². The average molecular weight is 703 g/mol. The van der Waals surface area contributed by atoms with Gasteiger partial charge < -0.3 is 15.0 Å². The van der Waals surface area contributed by atoms with Crippen molar-refractivity contribution < 1.29 is 39.9 Å². The number of carbonyl (C=O) groups excluding carboxylic acids is 1. The van der Waals surface area contributed by atoms with Crippen LogP contribution in [0.25, 0.3) is 0 Å². The van der Waals surface area contributed by atoms with E-state index in [4.69, 9.17) is 0 Å². The van der Waals surface area contributed by atoms with Gasteiger partial charge in [-0.2, -0.15) is 14.5 Å². The second kappa shape index (κ2) is 16.7. The highest BCUT2D eigenvalue weighted by atomic mass is 32.2. The molecule has 5 rings (SSSR count). The minimum Gasteiger partial charge on any atom is -0.406 e. The normalized spacial score (nSPS) is 14.9. The molecule has 0 unspecified atom stereocenters. The van der Waals surface area contributed by atoms with Gasteiger partial charge in [0.25, 0.3) is 5.92 Å². The van der Waals surface area contributed by atoms with Gasteiger partial charge in [-0.25, -0.2) is 22.2 Å². The Morgan fingerprint density at radius 3 is 2.17 bits per heavy atom. The zero-order valence-corrected chi connectivity index (χ0v) is 27.5. The van der Waals surface area contributed by atoms with Gasteiger partial charge in [-0.1, -0.05) is 45.0 Å². The molecule has 1 saturated heterocycles. The number of thiazole rings is 1. The third kappa shape index (κ3) is 10.5. The molecule has 10 nitrogen and oxygen atoms in total. The van der Waals surface area contributed by atoms with Gasteiger partial charge in [-0.3, -0.25) is 4.79 Å². The number of fused-ring (bicyclic) bond motifs is 1. The number of nitrogens with zero attached hydrogens (tertiary/aromatic N) is 5. The predicted octanol–water partition coefficient (Wildman–Crippen LogP) is 5.97. The van der Waals surface area contributed by atoms with Crippen molar-refractivity contribution in [3.63, 3.8) is 0 Å². The molecule has 3 aromatic rings. The van der Waals surface area contributed by atoms with Crippen LogP contribution in [0.4, 0.5) is 27.1 Å². The van der Waals surface area contributed by atoms with Gasteiger partial charge in [-0.15, -0.1) is 24.5 Å². The molecule has 1 aromatic heterocycles. The number of piperazine rings is 1. The lowest BCUT2D eigenvalue weighted by Crippen LogP contribution is -2.48. The molecule has 1 amide bonds. The fourth-order valence-electron chi connectivity index (χ4n) is 4.30. The average Bonchev–Trinajstić information content (AvgIpc) is 3.34. The maximum Gasteiger partial charge on any atom is 0.573 e. The van der Waals surface area contributed by atoms with Crippen LogP contribution in [0.2, 0.25) is 0 Å². The van der Waals surface area contributed by atoms with Crippen molar-refractivity contribution in [2.75, 3.05) is 31.1 Å². The van der Waals surface area contributed by atoms with E-state index < -0.39 is 28.1 Å². The van der Waals surface area contributed by atoms with E-state index in [9.17, 15) is 35.2 Å². The highest BCUT2D eigenvalue weighted by molar-refractivity contribution is 7.89. The number of rotatable bonds is 9. The highest BCUT2D eigenvalue weighted by Gasteiger charge is 2.33. The molecule has 47 heavy (non-hydrogen) atoms. The molecule has 0 radical (unpaired) electrons. The van der Waals surface area contributed by atoms with E-state index in [-0.39, 0.29) is 30.0 Å². The Bertz CT molecular complexity index is 1600. The number of sulfonamides is 1. The van der Waals surface area contributed by atoms with Crippen molar-refractivity contribution in [3.8, 4) is 5.75 Å². The van der Waals surface area contributed by atoms with Crippen molar-refractivity contribution in [1.82, 2.24) is 14.6 Å². The quantitative estimate of drug-likeness (QED) is 0.217. The van der Waals surface area contributed by atoms with Crippen molar-refractivity contribution in [2.45, 2.75) is 57.3 Å². The molecule has 3 heterocycles. The van der Waals surface area contributed by atoms with Crippen LogP contribution < -0.4 is 15.0 Å². The van der Waals surface area contributed by atoms with Gasteiger partial charge in [0.05, 0.1) is 16.8 Å². The molecule has 2 aliphatic rings. The van der Waals surface area contributed by atoms with Crippen molar-refractivity contribution in [3.05, 3.63) is 70.2 Å². The number of alkyl halides is 5. The molecule has 0 spiro atoms. The number of ether oxygens (including phenoxy) is 1. The number of aromatic nitrogens is 1. The molecule has 0 atom stereocenters. The van der Waals surface area contributed by atoms with Crippen LogP contribution in [-0.4, -0.2) is 69.1 Å². The van der Waals surface area contributed by atoms with Crippen LogP contribution in [0.15, 0.2) is 63.6 Å². The Hall–Kier alpha value is -3.96. The van der Waals surface area contributed by atoms with Gasteiger partial charge in [0.2, 0.25) is 16.4 Å². The van der Waals surface area contributed by atoms with Crippen molar-refractivity contribution in [1.29, 1.82) is 0 Å². The fourth-order valence-corrected chi connectivity index (χ4v) is 6.76. The summed E-state index contributed by atoms with van der Waals surface area (Å²) in [5.74, 6) is -3.24. The summed E-state index contributed by atoms with van der Waals surface area (Å²) in [7, 11) is -3.82. The summed E-state index contributed by atoms with van der Waals surface area (Å²) in [6.07, 6.45) is -0.502. The number of nitrogens with one attached hydrogen (secondary N) is 1. The van der Waals surface area contributed by atoms with Crippen LogP contribution in [-0.2, 0) is 33.7 Å². The van der Waals surface area contributed by atoms with E-state index in [0.717, 1.165) is 45.5 Å². The van der Waals surface area contributed by atoms with Crippen molar-refractivity contribution in [2.24, 2.45) is 10.2 Å². The summed E-state index contributed by atoms with van der Waals surface area (Å²) in [5, 5.41) is 11.0. The van der Waals surface area contributed by atoms with E-state index in [1.807, 2.05) is 18.7 Å². The van der Waals surface area contributed by atoms with Crippen LogP contribution in [0, 0.1) is 0 Å². The van der Waals surface area contributed by atoms with E-state index in [2.05, 4.69) is 25.2 Å². The summed E-state index contributed by atoms with van der Waals surface area (Å²) >= 11 is 1.52. The zero-order chi connectivity index (χ0) is 34.7. The molecule has 0 bridgehead atoms. The Morgan fingerprint density at radius 2 is 1.60 bits per heavy atom. The van der Waals surface area contributed by atoms with Gasteiger partial charge >= 0.3 is 6.36 Å². The monoisotopic (exact) mass is 702 g/mol. The molecule has 0 aliphatic carbocycles. The first-order chi connectivity index (χ1) is 22.3. The molecular formula is C30H35F5N6O4S2. The SMILES string of the molecule is CC.CCC(F)(F)c1ccc(CNC=O)cc1.O=S(=O)(c1ccc(OC(F)(F)F)cc1)N1CCN(c2nc3c(s2)CC=NN=C3)CC1. The van der Waals surface area contributed by atoms with Gasteiger partial charge in [0.1, 0.15) is 5.75 Å². The van der Waals surface area contributed by atoms with E-state index in [1.165, 1.54) is 34.7 Å². The number of hydrogen-bond acceptors (Lipinski definition) is 9. The largest absolute Gasteiger partial charge is 0.573 e. The first-order valence-electron chi connectivity index (χ1n) is 14.6. The first-order valence-corrected chi connectivity index (χ1v) is 16.9. The van der Waals surface area contributed by atoms with Crippen LogP contribution in [0.3, 0.4) is 0 Å². The second-order valence-electron chi connectivity index (χ2n) is 9.72. The minimum atomic E-state index is -4.83. The standard InChI is InChI=1S/C17H16F3N5O3S2.C11H13F2NO.C2H6/c18-17(19,20)28-12-1-3-13(4-2-12)30(26,27)25-9-7-24(8-10-25)16-23-14-11-22-21-6-5-15(14)29-16;1-2-11(12,13)10-5-3-9(4-6-10)7-14-8-15;1-2/h1-4,6,11H,5,7-10H2;3-6,8H,2,7H2,1H3,(H,14,15);1-2H3. The van der Waals surface area contributed by atoms with Gasteiger partial charge in [0.15, 0.2) is 5.13 Å². The molecule has 256 valence electrons. The number of carbonyl (C=O) groups is 1. The van der Waals surface area contributed by atoms with E-state index in [1.54, 1.807) is 24.6 Å². The minimum absolute atomic E-state index is 0.0138. The lowest BCUT2D eigenvalue weighted by molar-refractivity contribution is -0.274. The fraction of sp³-hybridized carbons (Fsp3) is 0.400. The Balaban J connectivity index is 0.000000298. The highest BCUT2D eigenvalue weighted by Crippen LogP contribution is 2.32. The molecule has 1 N–H and O–H groups in total. The van der Waals surface area contributed by atoms with Crippen molar-refractivity contribution >= 4 is 45.3 Å². The summed E-state index contributed by atoms with van der Waals surface area (Å²) in [6, 6.07) is 10.2. The molecule has 0 saturated carbocycles. The second-order valence-corrected chi connectivity index (χ2v) is 12.7. The zero-order valence-electron chi connectivity index (χ0n) is 25.9. The topological polar surface area (TPSA) is 117 Å². The first kappa shape index (κ1) is 37.5. The predicted molar refractivity (Wildman–Crippen MR) is 171 cm³/mol. The number of hydrogen-bond donors (Lipinski definition) is 1. The third-order valence-electron chi connectivity index (χ3n) is 6.74. The lowest BCUT2D eigenvalue weighted by atomic mass is 10.0. The van der Waals surface area contributed by atoms with E-state index >= 15 is 0 Å². The van der Waals surface area contributed by atoms with Gasteiger partial charge in [0, 0.05) is 62.2 Å². The number of amides is 1. The maximum atomic E-state index is 13.2. The summed E-state index contributed by atoms with van der Waals surface area (Å²) < 4.78 is 93.9. The molecule has 2 aromatic carbocycles. The third-order valence-corrected chi connectivity index (χ3v) is 9.80. The number of anilines is 1. The lowest BCUT2D eigenvalue weighted by Gasteiger charge is -2.33. The summed E-state index contributed by atoms with van der Waals surface area (Å²) in [5.41, 5.74) is 1.58. The van der Waals surface area contributed by atoms with Crippen LogP contribution in [0.1, 0.15) is 48.9 Å². The Morgan fingerprint density at radius 1 is 0.957 bits per heavy atom. The molecule has 1 fully saturated rings. The van der Waals surface area contributed by atoms with E-state index in [0.29, 0.717) is 32.5 Å². The van der Waals surface area contributed by atoms with Gasteiger partial charge in [-0.05, 0) is 29.8 Å². The van der Waals surface area contributed by atoms with Crippen LogP contribution in [0.5, 0.6) is 5.75 Å². The number of benzene rings is 2. The summed E-state index contributed by atoms with van der Waals surface area (Å²) in [6.45, 7) is 7.19. The maximum absolute atomic E-state index is 13.2. The Kier molecular flexibility index (Phi) is 13.4. The molecular weight excluding hydrogens is 667 g/mol. The smallest absolute Gasteiger partial charge is 0.406 e. The number of halogens is 5. The van der Waals surface area contributed by atoms with Crippen LogP contribution >= 0.6 is 11.3 Å². The summed E-state index contributed by atoms with van der Waals surface area (Å²) in [4.78, 5) is 17.6. The molecule has 17 heteroatoms.